The number of rotatable bonds is 1. The van der Waals surface area contributed by atoms with Gasteiger partial charge in [0.1, 0.15) is 5.75 Å². The van der Waals surface area contributed by atoms with Gasteiger partial charge in [0.2, 0.25) is 0 Å². The summed E-state index contributed by atoms with van der Waals surface area (Å²) in [6, 6.07) is 13.7. The average Bonchev–Trinajstić information content (AvgIpc) is 2.77. The summed E-state index contributed by atoms with van der Waals surface area (Å²) in [5.41, 5.74) is 4.60. The Morgan fingerprint density at radius 2 is 1.53 bits per heavy atom. The van der Waals surface area contributed by atoms with Crippen molar-refractivity contribution in [3.05, 3.63) is 59.7 Å². The predicted molar refractivity (Wildman–Crippen MR) is 66.3 cm³/mol. The number of allylic oxidation sites excluding steroid dienone is 1. The number of para-hydroxylation sites is 1. The minimum atomic E-state index is 0. The number of benzene rings is 2. The molecule has 3 rings (SSSR count). The van der Waals surface area contributed by atoms with Crippen LogP contribution in [0.5, 0.6) is 5.75 Å². The molecule has 2 aromatic rings. The van der Waals surface area contributed by atoms with Crippen molar-refractivity contribution in [2.75, 3.05) is 0 Å². The molecule has 0 amide bonds. The van der Waals surface area contributed by atoms with Crippen molar-refractivity contribution in [3.63, 3.8) is 0 Å². The molecule has 1 aliphatic rings. The van der Waals surface area contributed by atoms with E-state index in [9.17, 15) is 5.11 Å². The molecule has 0 aliphatic heterocycles. The Morgan fingerprint density at radius 3 is 2.26 bits per heavy atom. The van der Waals surface area contributed by atoms with Crippen LogP contribution in [0.4, 0.5) is 0 Å². The first-order valence-electron chi connectivity index (χ1n) is 5.43. The third-order valence-electron chi connectivity index (χ3n) is 3.01. The molecule has 0 atom stereocenters. The fourth-order valence-electron chi connectivity index (χ4n) is 2.23. The summed E-state index contributed by atoms with van der Waals surface area (Å²) in [6.45, 7) is 0. The number of fused-ring (bicyclic) bond motifs is 1. The van der Waals surface area contributed by atoms with Gasteiger partial charge in [0.25, 0.3) is 0 Å². The monoisotopic (exact) mass is 326 g/mol. The van der Waals surface area contributed by atoms with Gasteiger partial charge in [0, 0.05) is 5.56 Å². The van der Waals surface area contributed by atoms with Gasteiger partial charge in [-0.25, -0.2) is 0 Å². The molecule has 0 bridgehead atoms. The molecular formula is C15H12Cl2OTi. The maximum atomic E-state index is 9.87. The van der Waals surface area contributed by atoms with Gasteiger partial charge in [-0.15, -0.1) is 0 Å². The first-order valence-corrected chi connectivity index (χ1v) is 5.43. The minimum Gasteiger partial charge on any atom is -1.00 e. The third-order valence-corrected chi connectivity index (χ3v) is 3.01. The molecule has 19 heavy (non-hydrogen) atoms. The van der Waals surface area contributed by atoms with Crippen LogP contribution in [0.3, 0.4) is 0 Å². The molecule has 0 aromatic heterocycles. The van der Waals surface area contributed by atoms with Crippen molar-refractivity contribution in [2.45, 2.75) is 6.42 Å². The second-order valence-corrected chi connectivity index (χ2v) is 4.00. The van der Waals surface area contributed by atoms with E-state index in [1.165, 1.54) is 11.1 Å². The van der Waals surface area contributed by atoms with E-state index < -0.39 is 0 Å². The van der Waals surface area contributed by atoms with Crippen LogP contribution >= 0.6 is 0 Å². The van der Waals surface area contributed by atoms with Gasteiger partial charge in [-0.1, -0.05) is 48.6 Å². The summed E-state index contributed by atoms with van der Waals surface area (Å²) < 4.78 is 0. The average molecular weight is 327 g/mol. The first kappa shape index (κ1) is 18.3. The Hall–Kier alpha value is -0.726. The Balaban J connectivity index is 0.00000108. The Morgan fingerprint density at radius 1 is 0.842 bits per heavy atom. The van der Waals surface area contributed by atoms with E-state index in [0.717, 1.165) is 17.5 Å². The van der Waals surface area contributed by atoms with Crippen LogP contribution in [0.1, 0.15) is 11.1 Å². The molecule has 1 nitrogen and oxygen atoms in total. The van der Waals surface area contributed by atoms with Crippen LogP contribution < -0.4 is 24.8 Å². The Kier molecular flexibility index (Phi) is 7.47. The van der Waals surface area contributed by atoms with Gasteiger partial charge < -0.3 is 29.9 Å². The van der Waals surface area contributed by atoms with E-state index in [-0.39, 0.29) is 46.5 Å². The molecule has 0 unspecified atom stereocenters. The van der Waals surface area contributed by atoms with Crippen LogP contribution in [-0.4, -0.2) is 5.11 Å². The second kappa shape index (κ2) is 7.76. The van der Waals surface area contributed by atoms with Crippen LogP contribution in [0.25, 0.3) is 17.2 Å². The maximum absolute atomic E-state index is 9.87. The van der Waals surface area contributed by atoms with E-state index in [2.05, 4.69) is 24.3 Å². The maximum Gasteiger partial charge on any atom is 2.00 e. The minimum absolute atomic E-state index is 0. The van der Waals surface area contributed by atoms with Crippen LogP contribution in [0, 0.1) is 0 Å². The molecule has 1 aliphatic carbocycles. The van der Waals surface area contributed by atoms with Crippen LogP contribution in [0.15, 0.2) is 48.5 Å². The zero-order chi connectivity index (χ0) is 11.0. The summed E-state index contributed by atoms with van der Waals surface area (Å²) in [6.07, 6.45) is 5.29. The number of aromatic hydroxyl groups is 1. The van der Waals surface area contributed by atoms with E-state index >= 15 is 0 Å². The van der Waals surface area contributed by atoms with Crippen molar-refractivity contribution in [1.82, 2.24) is 0 Å². The van der Waals surface area contributed by atoms with Gasteiger partial charge in [0.15, 0.2) is 0 Å². The van der Waals surface area contributed by atoms with Gasteiger partial charge in [-0.2, -0.15) is 0 Å². The summed E-state index contributed by atoms with van der Waals surface area (Å²) in [5, 5.41) is 9.87. The summed E-state index contributed by atoms with van der Waals surface area (Å²) >= 11 is 0. The van der Waals surface area contributed by atoms with Gasteiger partial charge in [-0.3, -0.25) is 0 Å². The summed E-state index contributed by atoms with van der Waals surface area (Å²) in [7, 11) is 0. The smallest absolute Gasteiger partial charge is 1.00 e. The Labute approximate surface area is 140 Å². The van der Waals surface area contributed by atoms with E-state index in [0.29, 0.717) is 5.75 Å². The Bertz CT molecular complexity index is 582. The number of phenols is 1. The van der Waals surface area contributed by atoms with Crippen LogP contribution in [0.2, 0.25) is 0 Å². The molecule has 4 heteroatoms. The fourth-order valence-corrected chi connectivity index (χ4v) is 2.23. The molecule has 0 saturated carbocycles. The predicted octanol–water partition coefficient (Wildman–Crippen LogP) is -2.37. The van der Waals surface area contributed by atoms with Crippen molar-refractivity contribution in [2.24, 2.45) is 0 Å². The third kappa shape index (κ3) is 3.43. The number of halogens is 2. The normalized spacial score (nSPS) is 10.7. The number of hydrogen-bond donors (Lipinski definition) is 1. The van der Waals surface area contributed by atoms with E-state index in [1.807, 2.05) is 24.3 Å². The molecule has 96 valence electrons. The van der Waals surface area contributed by atoms with Crippen LogP contribution in [-0.2, 0) is 28.1 Å². The summed E-state index contributed by atoms with van der Waals surface area (Å²) in [4.78, 5) is 0. The molecule has 0 radical (unpaired) electrons. The second-order valence-electron chi connectivity index (χ2n) is 4.00. The van der Waals surface area contributed by atoms with Crippen molar-refractivity contribution in [1.29, 1.82) is 0 Å². The molecule has 1 N–H and O–H groups in total. The standard InChI is InChI=1S/C15H12O.2ClH.Ti/c16-15-10-2-1-7-14(15)13-9-4-6-11-5-3-8-12(11)13;;;/h1-4,6-10,16H,5H2;2*1H;/q;;;+2/p-2. The van der Waals surface area contributed by atoms with Crippen molar-refractivity contribution >= 4 is 6.08 Å². The topological polar surface area (TPSA) is 20.2 Å². The number of phenolic OH excluding ortho intramolecular Hbond substituents is 1. The van der Waals surface area contributed by atoms with Crippen molar-refractivity contribution < 1.29 is 51.6 Å². The van der Waals surface area contributed by atoms with Gasteiger partial charge in [0.05, 0.1) is 0 Å². The largest absolute Gasteiger partial charge is 2.00 e. The first-order chi connectivity index (χ1) is 7.86. The van der Waals surface area contributed by atoms with E-state index in [4.69, 9.17) is 0 Å². The van der Waals surface area contributed by atoms with Crippen molar-refractivity contribution in [3.8, 4) is 16.9 Å². The molecule has 2 aromatic carbocycles. The van der Waals surface area contributed by atoms with E-state index in [1.54, 1.807) is 6.07 Å². The summed E-state index contributed by atoms with van der Waals surface area (Å²) in [5.74, 6) is 0.344. The molecule has 0 saturated heterocycles. The molecular weight excluding hydrogens is 315 g/mol. The zero-order valence-electron chi connectivity index (χ0n) is 10.1. The molecule has 0 fully saturated rings. The number of hydrogen-bond acceptors (Lipinski definition) is 1. The molecule has 0 spiro atoms. The zero-order valence-corrected chi connectivity index (χ0v) is 13.2. The SMILES string of the molecule is Oc1ccccc1-c1cccc2c1C=CC2.[Cl-].[Cl-].[Ti+2]. The molecule has 0 heterocycles. The quantitative estimate of drug-likeness (QED) is 0.581. The van der Waals surface area contributed by atoms with Gasteiger partial charge >= 0.3 is 21.7 Å². The fraction of sp³-hybridized carbons (Fsp3) is 0.0667. The van der Waals surface area contributed by atoms with Gasteiger partial charge in [-0.05, 0) is 29.2 Å².